The number of ether oxygens (including phenoxy) is 1. The fourth-order valence-corrected chi connectivity index (χ4v) is 0.788. The summed E-state index contributed by atoms with van der Waals surface area (Å²) in [5.41, 5.74) is 0. The number of rotatable bonds is 1. The molecular formula is C6H12NO. The topological polar surface area (TPSA) is 21.3 Å². The molecule has 1 saturated heterocycles. The van der Waals surface area contributed by atoms with E-state index in [4.69, 9.17) is 4.74 Å². The van der Waals surface area contributed by atoms with Crippen LogP contribution >= 0.6 is 0 Å². The van der Waals surface area contributed by atoms with Gasteiger partial charge in [-0.2, -0.15) is 0 Å². The molecule has 1 N–H and O–H groups in total. The van der Waals surface area contributed by atoms with E-state index in [0.29, 0.717) is 6.04 Å². The van der Waals surface area contributed by atoms with Crippen LogP contribution in [0.3, 0.4) is 0 Å². The molecule has 0 bridgehead atoms. The molecule has 0 aromatic heterocycles. The second-order valence-corrected chi connectivity index (χ2v) is 2.13. The average Bonchev–Trinajstić information content (AvgIpc) is 2.14. The van der Waals surface area contributed by atoms with Crippen molar-refractivity contribution in [1.82, 2.24) is 5.32 Å². The zero-order valence-corrected chi connectivity index (χ0v) is 5.40. The van der Waals surface area contributed by atoms with Crippen LogP contribution in [0.2, 0.25) is 0 Å². The highest BCUT2D eigenvalue weighted by Gasteiger charge is 2.19. The van der Waals surface area contributed by atoms with Gasteiger partial charge in [0, 0.05) is 6.04 Å². The van der Waals surface area contributed by atoms with Crippen molar-refractivity contribution in [2.24, 2.45) is 0 Å². The van der Waals surface area contributed by atoms with Crippen LogP contribution in [0.4, 0.5) is 0 Å². The van der Waals surface area contributed by atoms with Gasteiger partial charge in [0.15, 0.2) is 6.23 Å². The SMILES string of the molecule is CC[C]1NC(C)CO1. The summed E-state index contributed by atoms with van der Waals surface area (Å²) in [4.78, 5) is 0. The molecular weight excluding hydrogens is 102 g/mol. The first kappa shape index (κ1) is 6.05. The quantitative estimate of drug-likeness (QED) is 0.546. The lowest BCUT2D eigenvalue weighted by molar-refractivity contribution is 0.185. The third kappa shape index (κ3) is 1.20. The summed E-state index contributed by atoms with van der Waals surface area (Å²) >= 11 is 0. The molecule has 1 heterocycles. The normalized spacial score (nSPS) is 31.5. The van der Waals surface area contributed by atoms with Crippen LogP contribution < -0.4 is 5.32 Å². The average molecular weight is 114 g/mol. The van der Waals surface area contributed by atoms with Crippen molar-refractivity contribution in [1.29, 1.82) is 0 Å². The molecule has 1 rings (SSSR count). The molecule has 2 nitrogen and oxygen atoms in total. The van der Waals surface area contributed by atoms with Gasteiger partial charge in [-0.25, -0.2) is 0 Å². The molecule has 0 aromatic rings. The number of hydrogen-bond acceptors (Lipinski definition) is 2. The lowest BCUT2D eigenvalue weighted by Gasteiger charge is -2.02. The Labute approximate surface area is 50.2 Å². The Balaban J connectivity index is 2.22. The zero-order chi connectivity index (χ0) is 5.98. The molecule has 0 amide bonds. The van der Waals surface area contributed by atoms with Gasteiger partial charge in [-0.15, -0.1) is 0 Å². The van der Waals surface area contributed by atoms with Crippen LogP contribution in [0.25, 0.3) is 0 Å². The lowest BCUT2D eigenvalue weighted by atomic mass is 10.4. The highest BCUT2D eigenvalue weighted by molar-refractivity contribution is 4.83. The third-order valence-electron chi connectivity index (χ3n) is 1.24. The minimum Gasteiger partial charge on any atom is -0.354 e. The van der Waals surface area contributed by atoms with Crippen molar-refractivity contribution in [3.8, 4) is 0 Å². The van der Waals surface area contributed by atoms with Gasteiger partial charge < -0.3 is 4.74 Å². The first-order valence-electron chi connectivity index (χ1n) is 3.08. The fraction of sp³-hybridized carbons (Fsp3) is 0.833. The van der Waals surface area contributed by atoms with Gasteiger partial charge in [0.05, 0.1) is 6.61 Å². The molecule has 2 heteroatoms. The Hall–Kier alpha value is -0.0800. The summed E-state index contributed by atoms with van der Waals surface area (Å²) in [5.74, 6) is 0. The van der Waals surface area contributed by atoms with Crippen LogP contribution in [0.1, 0.15) is 20.3 Å². The summed E-state index contributed by atoms with van der Waals surface area (Å²) in [7, 11) is 0. The van der Waals surface area contributed by atoms with Crippen LogP contribution in [-0.2, 0) is 4.74 Å². The van der Waals surface area contributed by atoms with Crippen molar-refractivity contribution >= 4 is 0 Å². The molecule has 0 aromatic carbocycles. The molecule has 0 spiro atoms. The maximum Gasteiger partial charge on any atom is 0.162 e. The van der Waals surface area contributed by atoms with Crippen LogP contribution in [0, 0.1) is 6.23 Å². The largest absolute Gasteiger partial charge is 0.354 e. The molecule has 1 atom stereocenters. The molecule has 1 aliphatic heterocycles. The fourth-order valence-electron chi connectivity index (χ4n) is 0.788. The van der Waals surface area contributed by atoms with Crippen LogP contribution in [-0.4, -0.2) is 12.6 Å². The first-order chi connectivity index (χ1) is 3.83. The number of nitrogens with one attached hydrogen (secondary N) is 1. The maximum absolute atomic E-state index is 5.22. The van der Waals surface area contributed by atoms with Crippen molar-refractivity contribution in [3.05, 3.63) is 6.23 Å². The zero-order valence-electron chi connectivity index (χ0n) is 5.40. The molecule has 0 aliphatic carbocycles. The van der Waals surface area contributed by atoms with Crippen molar-refractivity contribution < 1.29 is 4.74 Å². The van der Waals surface area contributed by atoms with Gasteiger partial charge in [-0.1, -0.05) is 6.92 Å². The van der Waals surface area contributed by atoms with E-state index in [-0.39, 0.29) is 0 Å². The molecule has 1 aliphatic rings. The second-order valence-electron chi connectivity index (χ2n) is 2.13. The monoisotopic (exact) mass is 114 g/mol. The first-order valence-corrected chi connectivity index (χ1v) is 3.08. The summed E-state index contributed by atoms with van der Waals surface area (Å²) in [5, 5.41) is 3.20. The van der Waals surface area contributed by atoms with Gasteiger partial charge in [0.2, 0.25) is 0 Å². The smallest absolute Gasteiger partial charge is 0.162 e. The highest BCUT2D eigenvalue weighted by Crippen LogP contribution is 2.11. The minimum atomic E-state index is 0.518. The van der Waals surface area contributed by atoms with Crippen LogP contribution in [0.5, 0.6) is 0 Å². The minimum absolute atomic E-state index is 0.518. The van der Waals surface area contributed by atoms with Gasteiger partial charge in [-0.3, -0.25) is 5.32 Å². The third-order valence-corrected chi connectivity index (χ3v) is 1.24. The Morgan fingerprint density at radius 2 is 2.62 bits per heavy atom. The maximum atomic E-state index is 5.22. The van der Waals surface area contributed by atoms with Gasteiger partial charge >= 0.3 is 0 Å². The van der Waals surface area contributed by atoms with E-state index in [1.54, 1.807) is 0 Å². The van der Waals surface area contributed by atoms with E-state index in [1.807, 2.05) is 0 Å². The van der Waals surface area contributed by atoms with Gasteiger partial charge in [-0.05, 0) is 13.3 Å². The molecule has 0 saturated carbocycles. The lowest BCUT2D eigenvalue weighted by Crippen LogP contribution is -2.21. The summed E-state index contributed by atoms with van der Waals surface area (Å²) in [6, 6.07) is 0.518. The van der Waals surface area contributed by atoms with E-state index in [0.717, 1.165) is 19.3 Å². The molecule has 47 valence electrons. The molecule has 1 fully saturated rings. The Bertz CT molecular complexity index is 74.9. The number of hydrogen-bond donors (Lipinski definition) is 1. The van der Waals surface area contributed by atoms with E-state index in [9.17, 15) is 0 Å². The molecule has 1 radical (unpaired) electrons. The van der Waals surface area contributed by atoms with Crippen LogP contribution in [0.15, 0.2) is 0 Å². The van der Waals surface area contributed by atoms with E-state index < -0.39 is 0 Å². The van der Waals surface area contributed by atoms with E-state index >= 15 is 0 Å². The second kappa shape index (κ2) is 2.46. The van der Waals surface area contributed by atoms with Crippen molar-refractivity contribution in [2.75, 3.05) is 6.61 Å². The predicted molar refractivity (Wildman–Crippen MR) is 32.1 cm³/mol. The van der Waals surface area contributed by atoms with Gasteiger partial charge in [0.25, 0.3) is 0 Å². The van der Waals surface area contributed by atoms with E-state index in [2.05, 4.69) is 19.2 Å². The van der Waals surface area contributed by atoms with Gasteiger partial charge in [0.1, 0.15) is 0 Å². The summed E-state index contributed by atoms with van der Waals surface area (Å²) in [6.07, 6.45) is 2.03. The summed E-state index contributed by atoms with van der Waals surface area (Å²) in [6.45, 7) is 5.03. The highest BCUT2D eigenvalue weighted by atomic mass is 16.5. The summed E-state index contributed by atoms with van der Waals surface area (Å²) < 4.78 is 5.22. The molecule has 8 heavy (non-hydrogen) atoms. The Kier molecular flexibility index (Phi) is 1.86. The molecule has 1 unspecified atom stereocenters. The van der Waals surface area contributed by atoms with Crippen molar-refractivity contribution in [3.63, 3.8) is 0 Å². The van der Waals surface area contributed by atoms with Crippen molar-refractivity contribution in [2.45, 2.75) is 26.3 Å². The predicted octanol–water partition coefficient (Wildman–Crippen LogP) is 0.894. The standard InChI is InChI=1S/C6H12NO/c1-3-6-7-5(2)4-8-6/h5,7H,3-4H2,1-2H3. The Morgan fingerprint density at radius 1 is 1.88 bits per heavy atom. The van der Waals surface area contributed by atoms with E-state index in [1.165, 1.54) is 0 Å². The Morgan fingerprint density at radius 3 is 2.88 bits per heavy atom.